The molecule has 4 aromatic rings. The van der Waals surface area contributed by atoms with Crippen LogP contribution in [0.5, 0.6) is 0 Å². The van der Waals surface area contributed by atoms with Gasteiger partial charge in [-0.1, -0.05) is 12.1 Å². The molecule has 0 amide bonds. The minimum atomic E-state index is -0.237. The number of aromatic amines is 1. The van der Waals surface area contributed by atoms with Crippen molar-refractivity contribution in [3.63, 3.8) is 0 Å². The van der Waals surface area contributed by atoms with Gasteiger partial charge in [-0.15, -0.1) is 0 Å². The van der Waals surface area contributed by atoms with Gasteiger partial charge >= 0.3 is 0 Å². The lowest BCUT2D eigenvalue weighted by molar-refractivity contribution is 0.628. The highest BCUT2D eigenvalue weighted by molar-refractivity contribution is 6.13. The standard InChI is InChI=1S/C20H15FN4/c21-14-3-1-12(2-4-14)17-18-15(5-6-16-20(18)24-11-23-16)25-19(17)13-7-9-22-10-8-13/h1-10,23-25H,11H2. The molecule has 122 valence electrons. The van der Waals surface area contributed by atoms with Gasteiger partial charge in [-0.2, -0.15) is 0 Å². The molecule has 1 aliphatic heterocycles. The van der Waals surface area contributed by atoms with Crippen molar-refractivity contribution in [2.24, 2.45) is 0 Å². The summed E-state index contributed by atoms with van der Waals surface area (Å²) in [6.45, 7) is 0.701. The number of aromatic nitrogens is 2. The number of hydrogen-bond donors (Lipinski definition) is 3. The second-order valence-corrected chi connectivity index (χ2v) is 6.06. The Bertz CT molecular complexity index is 1070. The highest BCUT2D eigenvalue weighted by atomic mass is 19.1. The molecule has 1 aliphatic rings. The quantitative estimate of drug-likeness (QED) is 0.493. The smallest absolute Gasteiger partial charge is 0.123 e. The van der Waals surface area contributed by atoms with Crippen LogP contribution >= 0.6 is 0 Å². The number of pyridine rings is 1. The zero-order chi connectivity index (χ0) is 16.8. The first kappa shape index (κ1) is 14.0. The Morgan fingerprint density at radius 2 is 1.64 bits per heavy atom. The molecule has 2 aromatic carbocycles. The topological polar surface area (TPSA) is 52.7 Å². The molecule has 0 unspecified atom stereocenters. The first-order valence-corrected chi connectivity index (χ1v) is 8.14. The zero-order valence-corrected chi connectivity index (χ0v) is 13.3. The van der Waals surface area contributed by atoms with Gasteiger partial charge in [-0.25, -0.2) is 4.39 Å². The third kappa shape index (κ3) is 2.16. The molecule has 4 nitrogen and oxygen atoms in total. The molecule has 0 saturated heterocycles. The Kier molecular flexibility index (Phi) is 3.00. The van der Waals surface area contributed by atoms with E-state index in [1.165, 1.54) is 12.1 Å². The summed E-state index contributed by atoms with van der Waals surface area (Å²) in [5, 5.41) is 7.86. The predicted molar refractivity (Wildman–Crippen MR) is 99.0 cm³/mol. The van der Waals surface area contributed by atoms with E-state index >= 15 is 0 Å². The Morgan fingerprint density at radius 1 is 0.840 bits per heavy atom. The SMILES string of the molecule is Fc1ccc(-c2c(-c3ccncc3)[nH]c3ccc4c(c23)NCN4)cc1. The van der Waals surface area contributed by atoms with Gasteiger partial charge < -0.3 is 15.6 Å². The monoisotopic (exact) mass is 330 g/mol. The molecular formula is C20H15FN4. The van der Waals surface area contributed by atoms with Crippen molar-refractivity contribution in [2.75, 3.05) is 17.3 Å². The van der Waals surface area contributed by atoms with Gasteiger partial charge in [-0.05, 0) is 42.0 Å². The molecule has 0 fully saturated rings. The summed E-state index contributed by atoms with van der Waals surface area (Å²) in [6.07, 6.45) is 3.55. The van der Waals surface area contributed by atoms with E-state index in [0.717, 1.165) is 44.7 Å². The normalized spacial score (nSPS) is 12.7. The van der Waals surface area contributed by atoms with Gasteiger partial charge in [-0.3, -0.25) is 4.98 Å². The Labute approximate surface area is 143 Å². The minimum Gasteiger partial charge on any atom is -0.366 e. The molecule has 5 heteroatoms. The first-order valence-electron chi connectivity index (χ1n) is 8.14. The fourth-order valence-electron chi connectivity index (χ4n) is 3.49. The molecule has 25 heavy (non-hydrogen) atoms. The summed E-state index contributed by atoms with van der Waals surface area (Å²) in [7, 11) is 0. The van der Waals surface area contributed by atoms with Crippen molar-refractivity contribution >= 4 is 22.3 Å². The second-order valence-electron chi connectivity index (χ2n) is 6.06. The maximum absolute atomic E-state index is 13.4. The van der Waals surface area contributed by atoms with E-state index in [1.54, 1.807) is 12.4 Å². The molecule has 0 radical (unpaired) electrons. The van der Waals surface area contributed by atoms with E-state index in [2.05, 4.69) is 32.7 Å². The number of benzene rings is 2. The molecule has 3 N–H and O–H groups in total. The summed E-state index contributed by atoms with van der Waals surface area (Å²) in [5.41, 5.74) is 7.29. The predicted octanol–water partition coefficient (Wildman–Crippen LogP) is 4.83. The molecule has 0 bridgehead atoms. The van der Waals surface area contributed by atoms with Crippen LogP contribution in [0.2, 0.25) is 0 Å². The van der Waals surface area contributed by atoms with E-state index in [4.69, 9.17) is 0 Å². The van der Waals surface area contributed by atoms with Crippen LogP contribution in [0.3, 0.4) is 0 Å². The van der Waals surface area contributed by atoms with Gasteiger partial charge in [0.25, 0.3) is 0 Å². The van der Waals surface area contributed by atoms with Crippen molar-refractivity contribution in [3.8, 4) is 22.4 Å². The summed E-state index contributed by atoms with van der Waals surface area (Å²) >= 11 is 0. The van der Waals surface area contributed by atoms with Crippen LogP contribution in [0.1, 0.15) is 0 Å². The van der Waals surface area contributed by atoms with Crippen LogP contribution in [-0.4, -0.2) is 16.6 Å². The molecule has 0 atom stereocenters. The van der Waals surface area contributed by atoms with Crippen molar-refractivity contribution in [1.29, 1.82) is 0 Å². The van der Waals surface area contributed by atoms with Crippen molar-refractivity contribution < 1.29 is 4.39 Å². The van der Waals surface area contributed by atoms with E-state index in [1.807, 2.05) is 24.3 Å². The Morgan fingerprint density at radius 3 is 2.44 bits per heavy atom. The van der Waals surface area contributed by atoms with Crippen LogP contribution in [0.4, 0.5) is 15.8 Å². The van der Waals surface area contributed by atoms with E-state index in [0.29, 0.717) is 6.67 Å². The molecular weight excluding hydrogens is 315 g/mol. The lowest BCUT2D eigenvalue weighted by atomic mass is 9.97. The third-order valence-electron chi connectivity index (χ3n) is 4.61. The number of halogens is 1. The number of nitrogens with zero attached hydrogens (tertiary/aromatic N) is 1. The van der Waals surface area contributed by atoms with Crippen LogP contribution in [0.25, 0.3) is 33.3 Å². The summed E-state index contributed by atoms with van der Waals surface area (Å²) in [4.78, 5) is 7.64. The Balaban J connectivity index is 1.88. The molecule has 3 heterocycles. The minimum absolute atomic E-state index is 0.237. The van der Waals surface area contributed by atoms with Crippen LogP contribution in [-0.2, 0) is 0 Å². The molecule has 0 aliphatic carbocycles. The van der Waals surface area contributed by atoms with E-state index in [-0.39, 0.29) is 5.82 Å². The van der Waals surface area contributed by atoms with Gasteiger partial charge in [0, 0.05) is 34.4 Å². The average molecular weight is 330 g/mol. The fraction of sp³-hybridized carbons (Fsp3) is 0.0500. The van der Waals surface area contributed by atoms with Crippen molar-refractivity contribution in [2.45, 2.75) is 0 Å². The highest BCUT2D eigenvalue weighted by Gasteiger charge is 2.21. The molecule has 0 spiro atoms. The van der Waals surface area contributed by atoms with Gasteiger partial charge in [0.2, 0.25) is 0 Å². The Hall–Kier alpha value is -3.34. The van der Waals surface area contributed by atoms with Crippen molar-refractivity contribution in [1.82, 2.24) is 9.97 Å². The number of fused-ring (bicyclic) bond motifs is 3. The van der Waals surface area contributed by atoms with Crippen LogP contribution in [0, 0.1) is 5.82 Å². The van der Waals surface area contributed by atoms with E-state index < -0.39 is 0 Å². The third-order valence-corrected chi connectivity index (χ3v) is 4.61. The maximum atomic E-state index is 13.4. The first-order chi connectivity index (χ1) is 12.3. The number of nitrogens with one attached hydrogen (secondary N) is 3. The number of rotatable bonds is 2. The average Bonchev–Trinajstić information content (AvgIpc) is 3.27. The largest absolute Gasteiger partial charge is 0.366 e. The maximum Gasteiger partial charge on any atom is 0.123 e. The van der Waals surface area contributed by atoms with E-state index in [9.17, 15) is 4.39 Å². The van der Waals surface area contributed by atoms with Gasteiger partial charge in [0.1, 0.15) is 5.82 Å². The van der Waals surface area contributed by atoms with Crippen molar-refractivity contribution in [3.05, 3.63) is 66.7 Å². The summed E-state index contributed by atoms with van der Waals surface area (Å²) in [5.74, 6) is -0.237. The molecule has 2 aromatic heterocycles. The lowest BCUT2D eigenvalue weighted by Crippen LogP contribution is -1.99. The molecule has 5 rings (SSSR count). The number of anilines is 2. The number of H-pyrrole nitrogens is 1. The van der Waals surface area contributed by atoms with Gasteiger partial charge in [0.05, 0.1) is 23.7 Å². The summed E-state index contributed by atoms with van der Waals surface area (Å²) < 4.78 is 13.4. The zero-order valence-electron chi connectivity index (χ0n) is 13.3. The number of hydrogen-bond acceptors (Lipinski definition) is 3. The van der Waals surface area contributed by atoms with Crippen LogP contribution < -0.4 is 10.6 Å². The fourth-order valence-corrected chi connectivity index (χ4v) is 3.49. The molecule has 0 saturated carbocycles. The highest BCUT2D eigenvalue weighted by Crippen LogP contribution is 2.45. The van der Waals surface area contributed by atoms with Crippen LogP contribution in [0.15, 0.2) is 60.9 Å². The summed E-state index contributed by atoms with van der Waals surface area (Å²) in [6, 6.07) is 14.7. The lowest BCUT2D eigenvalue weighted by Gasteiger charge is -2.08. The van der Waals surface area contributed by atoms with Gasteiger partial charge in [0.15, 0.2) is 0 Å². The second kappa shape index (κ2) is 5.34.